The number of halogens is 1. The minimum atomic E-state index is -0.0463. The molecule has 0 saturated carbocycles. The molecule has 0 bridgehead atoms. The zero-order valence-electron chi connectivity index (χ0n) is 17.3. The number of hydrogen-bond acceptors (Lipinski definition) is 3. The molecule has 0 aliphatic heterocycles. The van der Waals surface area contributed by atoms with E-state index in [1.165, 1.54) is 0 Å². The van der Waals surface area contributed by atoms with Crippen LogP contribution in [0, 0.1) is 6.92 Å². The van der Waals surface area contributed by atoms with Gasteiger partial charge in [-0.15, -0.1) is 11.3 Å². The second-order valence-electron chi connectivity index (χ2n) is 7.45. The number of nitrogens with zero attached hydrogens (tertiary/aromatic N) is 2. The van der Waals surface area contributed by atoms with Crippen LogP contribution < -0.4 is 5.32 Å². The first-order valence-corrected chi connectivity index (χ1v) is 11.4. The molecule has 0 saturated heterocycles. The summed E-state index contributed by atoms with van der Waals surface area (Å²) in [5.41, 5.74) is 5.43. The molecule has 2 aromatic heterocycles. The second kappa shape index (κ2) is 8.62. The Morgan fingerprint density at radius 3 is 2.87 bits per heavy atom. The lowest BCUT2D eigenvalue weighted by Crippen LogP contribution is -2.32. The summed E-state index contributed by atoms with van der Waals surface area (Å²) in [5, 5.41) is 6.66. The van der Waals surface area contributed by atoms with Gasteiger partial charge in [0.15, 0.2) is 0 Å². The van der Waals surface area contributed by atoms with Crippen molar-refractivity contribution in [1.29, 1.82) is 0 Å². The number of benzene rings is 1. The molecule has 154 valence electrons. The number of allylic oxidation sites excluding steroid dienone is 4. The SMILES string of the molecule is CCC(C)NC(=O)c1cc(-c2csc(-c3ccccc3Cl)n2)n(C2=CC=CC2)c1C. The first kappa shape index (κ1) is 20.6. The highest BCUT2D eigenvalue weighted by Crippen LogP contribution is 2.36. The van der Waals surface area contributed by atoms with Gasteiger partial charge >= 0.3 is 0 Å². The van der Waals surface area contributed by atoms with E-state index in [0.717, 1.165) is 46.2 Å². The zero-order valence-corrected chi connectivity index (χ0v) is 18.8. The first-order valence-electron chi connectivity index (χ1n) is 10.1. The van der Waals surface area contributed by atoms with Crippen molar-refractivity contribution in [3.05, 3.63) is 70.2 Å². The molecule has 1 aromatic carbocycles. The van der Waals surface area contributed by atoms with E-state index in [4.69, 9.17) is 16.6 Å². The smallest absolute Gasteiger partial charge is 0.253 e. The summed E-state index contributed by atoms with van der Waals surface area (Å²) in [6, 6.07) is 9.80. The van der Waals surface area contributed by atoms with Crippen molar-refractivity contribution >= 4 is 34.5 Å². The molecule has 1 N–H and O–H groups in total. The molecule has 6 heteroatoms. The maximum Gasteiger partial charge on any atom is 0.253 e. The topological polar surface area (TPSA) is 46.9 Å². The third-order valence-corrected chi connectivity index (χ3v) is 6.60. The Kier molecular flexibility index (Phi) is 5.93. The molecule has 0 spiro atoms. The first-order chi connectivity index (χ1) is 14.5. The van der Waals surface area contributed by atoms with Crippen LogP contribution in [0.1, 0.15) is 42.7 Å². The van der Waals surface area contributed by atoms with Gasteiger partial charge in [0.1, 0.15) is 5.01 Å². The fourth-order valence-electron chi connectivity index (χ4n) is 3.55. The fraction of sp³-hybridized carbons (Fsp3) is 0.250. The largest absolute Gasteiger partial charge is 0.350 e. The number of aromatic nitrogens is 2. The van der Waals surface area contributed by atoms with E-state index in [1.807, 2.05) is 55.6 Å². The van der Waals surface area contributed by atoms with Gasteiger partial charge in [-0.05, 0) is 38.5 Å². The van der Waals surface area contributed by atoms with Crippen molar-refractivity contribution in [1.82, 2.24) is 14.9 Å². The highest BCUT2D eigenvalue weighted by molar-refractivity contribution is 7.13. The minimum Gasteiger partial charge on any atom is -0.350 e. The van der Waals surface area contributed by atoms with Crippen LogP contribution in [0.5, 0.6) is 0 Å². The van der Waals surface area contributed by atoms with E-state index in [2.05, 4.69) is 29.0 Å². The van der Waals surface area contributed by atoms with E-state index in [9.17, 15) is 4.79 Å². The summed E-state index contributed by atoms with van der Waals surface area (Å²) in [5.74, 6) is -0.0463. The van der Waals surface area contributed by atoms with Crippen molar-refractivity contribution in [2.45, 2.75) is 39.7 Å². The van der Waals surface area contributed by atoms with Crippen LogP contribution in [0.25, 0.3) is 27.7 Å². The normalized spacial score (nSPS) is 14.1. The van der Waals surface area contributed by atoms with Gasteiger partial charge in [-0.2, -0.15) is 0 Å². The highest BCUT2D eigenvalue weighted by Gasteiger charge is 2.23. The van der Waals surface area contributed by atoms with Crippen LogP contribution in [0.4, 0.5) is 0 Å². The van der Waals surface area contributed by atoms with Gasteiger partial charge in [-0.1, -0.05) is 48.9 Å². The number of amides is 1. The van der Waals surface area contributed by atoms with Crippen molar-refractivity contribution in [3.8, 4) is 22.0 Å². The molecule has 30 heavy (non-hydrogen) atoms. The van der Waals surface area contributed by atoms with Crippen LogP contribution in [0.2, 0.25) is 5.02 Å². The Labute approximate surface area is 185 Å². The molecule has 0 fully saturated rings. The van der Waals surface area contributed by atoms with Crippen LogP contribution in [0.15, 0.2) is 53.9 Å². The Hall–Kier alpha value is -2.63. The lowest BCUT2D eigenvalue weighted by Gasteiger charge is -2.13. The fourth-order valence-corrected chi connectivity index (χ4v) is 4.68. The number of hydrogen-bond donors (Lipinski definition) is 1. The third-order valence-electron chi connectivity index (χ3n) is 5.39. The van der Waals surface area contributed by atoms with Gasteiger partial charge in [0.05, 0.1) is 22.0 Å². The Balaban J connectivity index is 1.79. The minimum absolute atomic E-state index is 0.0463. The van der Waals surface area contributed by atoms with Gasteiger partial charge < -0.3 is 9.88 Å². The number of nitrogens with one attached hydrogen (secondary N) is 1. The Morgan fingerprint density at radius 2 is 2.17 bits per heavy atom. The Morgan fingerprint density at radius 1 is 1.37 bits per heavy atom. The van der Waals surface area contributed by atoms with Crippen LogP contribution >= 0.6 is 22.9 Å². The lowest BCUT2D eigenvalue weighted by atomic mass is 10.2. The van der Waals surface area contributed by atoms with Crippen LogP contribution in [0.3, 0.4) is 0 Å². The van der Waals surface area contributed by atoms with Crippen LogP contribution in [-0.4, -0.2) is 21.5 Å². The zero-order chi connectivity index (χ0) is 21.3. The number of carbonyl (C=O) groups is 1. The highest BCUT2D eigenvalue weighted by atomic mass is 35.5. The summed E-state index contributed by atoms with van der Waals surface area (Å²) in [4.78, 5) is 17.8. The van der Waals surface area contributed by atoms with Crippen LogP contribution in [-0.2, 0) is 0 Å². The molecular weight excluding hydrogens is 414 g/mol. The summed E-state index contributed by atoms with van der Waals surface area (Å²) in [6.45, 7) is 6.08. The lowest BCUT2D eigenvalue weighted by molar-refractivity contribution is 0.0938. The van der Waals surface area contributed by atoms with Gasteiger partial charge in [0, 0.05) is 34.8 Å². The molecule has 1 unspecified atom stereocenters. The summed E-state index contributed by atoms with van der Waals surface area (Å²) < 4.78 is 2.15. The number of thiazole rings is 1. The van der Waals surface area contributed by atoms with E-state index >= 15 is 0 Å². The summed E-state index contributed by atoms with van der Waals surface area (Å²) in [7, 11) is 0. The third kappa shape index (κ3) is 3.87. The molecule has 1 atom stereocenters. The van der Waals surface area contributed by atoms with Crippen molar-refractivity contribution < 1.29 is 4.79 Å². The predicted octanol–water partition coefficient (Wildman–Crippen LogP) is 6.57. The molecule has 2 heterocycles. The number of rotatable bonds is 6. The molecule has 0 radical (unpaired) electrons. The maximum absolute atomic E-state index is 12.9. The van der Waals surface area contributed by atoms with E-state index in [0.29, 0.717) is 10.6 Å². The monoisotopic (exact) mass is 437 g/mol. The van der Waals surface area contributed by atoms with E-state index in [-0.39, 0.29) is 11.9 Å². The molecule has 4 rings (SSSR count). The molecular formula is C24H24ClN3OS. The van der Waals surface area contributed by atoms with E-state index in [1.54, 1.807) is 11.3 Å². The molecule has 1 aliphatic carbocycles. The average molecular weight is 438 g/mol. The van der Waals surface area contributed by atoms with Gasteiger partial charge in [-0.3, -0.25) is 4.79 Å². The molecule has 4 nitrogen and oxygen atoms in total. The summed E-state index contributed by atoms with van der Waals surface area (Å²) in [6.07, 6.45) is 7.98. The van der Waals surface area contributed by atoms with Crippen molar-refractivity contribution in [3.63, 3.8) is 0 Å². The van der Waals surface area contributed by atoms with Gasteiger partial charge in [0.2, 0.25) is 0 Å². The Bertz CT molecular complexity index is 1160. The quantitative estimate of drug-likeness (QED) is 0.474. The van der Waals surface area contributed by atoms with Crippen molar-refractivity contribution in [2.75, 3.05) is 0 Å². The average Bonchev–Trinajstić information content (AvgIpc) is 3.47. The van der Waals surface area contributed by atoms with Gasteiger partial charge in [-0.25, -0.2) is 4.98 Å². The predicted molar refractivity (Wildman–Crippen MR) is 126 cm³/mol. The number of carbonyl (C=O) groups excluding carboxylic acids is 1. The van der Waals surface area contributed by atoms with E-state index < -0.39 is 0 Å². The van der Waals surface area contributed by atoms with Crippen molar-refractivity contribution in [2.24, 2.45) is 0 Å². The molecule has 1 amide bonds. The maximum atomic E-state index is 12.9. The second-order valence-corrected chi connectivity index (χ2v) is 8.72. The molecule has 1 aliphatic rings. The van der Waals surface area contributed by atoms with Gasteiger partial charge in [0.25, 0.3) is 5.91 Å². The molecule has 3 aromatic rings. The summed E-state index contributed by atoms with van der Waals surface area (Å²) >= 11 is 7.93. The standard InChI is InChI=1S/C24H24ClN3OS/c1-4-15(2)26-23(29)19-13-22(28(16(19)3)17-9-5-6-10-17)21-14-30-24(27-21)18-11-7-8-12-20(18)25/h5-9,11-15H,4,10H2,1-3H3,(H,26,29).